The molecular weight excluding hydrogens is 246 g/mol. The second kappa shape index (κ2) is 6.08. The summed E-state index contributed by atoms with van der Waals surface area (Å²) in [6.07, 6.45) is 0. The number of rotatable bonds is 2. The lowest BCUT2D eigenvalue weighted by atomic mass is 10.1. The lowest BCUT2D eigenvalue weighted by Gasteiger charge is -2.20. The zero-order valence-electron chi connectivity index (χ0n) is 12.0. The summed E-state index contributed by atoms with van der Waals surface area (Å²) in [6, 6.07) is -0.343. The average Bonchev–Trinajstić information content (AvgIpc) is 2.08. The van der Waals surface area contributed by atoms with Crippen LogP contribution in [0.4, 0.5) is 0 Å². The van der Waals surface area contributed by atoms with Gasteiger partial charge in [-0.3, -0.25) is 4.79 Å². The Morgan fingerprint density at radius 2 is 1.76 bits per heavy atom. The predicted molar refractivity (Wildman–Crippen MR) is 80.6 cm³/mol. The first-order valence-corrected chi connectivity index (χ1v) is 10.3. The Morgan fingerprint density at radius 1 is 1.29 bits per heavy atom. The molecule has 0 aromatic carbocycles. The Balaban J connectivity index is 4.55. The first-order valence-electron chi connectivity index (χ1n) is 5.93. The fraction of sp³-hybridized carbons (Fsp3) is 0.769. The van der Waals surface area contributed by atoms with Crippen molar-refractivity contribution in [2.45, 2.75) is 58.1 Å². The van der Waals surface area contributed by atoms with Gasteiger partial charge in [0, 0.05) is 4.75 Å². The molecule has 0 radical (unpaired) electrons. The summed E-state index contributed by atoms with van der Waals surface area (Å²) in [5.41, 5.74) is 9.18. The van der Waals surface area contributed by atoms with Crippen LogP contribution in [0.2, 0.25) is 19.6 Å². The number of hydrogen-bond acceptors (Lipinski definition) is 3. The van der Waals surface area contributed by atoms with Gasteiger partial charge < -0.3 is 5.73 Å². The minimum atomic E-state index is -1.41. The highest BCUT2D eigenvalue weighted by Gasteiger charge is 2.25. The maximum Gasteiger partial charge on any atom is 0.194 e. The minimum absolute atomic E-state index is 0.0583. The summed E-state index contributed by atoms with van der Waals surface area (Å²) in [4.78, 5) is 12.0. The standard InChI is InChI=1S/C13H25NOSSi/c1-10(12(15)16-13(2,3)4)11(14)8-9-17(5,6)7/h10-11H,14H2,1-7H3/t10-,11+/m0/s1. The van der Waals surface area contributed by atoms with Gasteiger partial charge in [0.05, 0.1) is 12.0 Å². The van der Waals surface area contributed by atoms with Gasteiger partial charge in [0.1, 0.15) is 8.07 Å². The highest BCUT2D eigenvalue weighted by molar-refractivity contribution is 8.14. The van der Waals surface area contributed by atoms with Crippen LogP contribution in [0.25, 0.3) is 0 Å². The number of carbonyl (C=O) groups excluding carboxylic acids is 1. The summed E-state index contributed by atoms with van der Waals surface area (Å²) in [5, 5.41) is 0.134. The highest BCUT2D eigenvalue weighted by atomic mass is 32.2. The third kappa shape index (κ3) is 8.48. The minimum Gasteiger partial charge on any atom is -0.317 e. The van der Waals surface area contributed by atoms with E-state index in [2.05, 4.69) is 31.1 Å². The molecule has 0 aliphatic rings. The van der Waals surface area contributed by atoms with Crippen molar-refractivity contribution in [2.75, 3.05) is 0 Å². The zero-order chi connectivity index (χ0) is 13.9. The van der Waals surface area contributed by atoms with Gasteiger partial charge in [-0.05, 0) is 0 Å². The van der Waals surface area contributed by atoms with Gasteiger partial charge in [0.15, 0.2) is 5.12 Å². The number of carbonyl (C=O) groups is 1. The zero-order valence-corrected chi connectivity index (χ0v) is 13.9. The summed E-state index contributed by atoms with van der Waals surface area (Å²) in [5.74, 6) is 2.84. The lowest BCUT2D eigenvalue weighted by molar-refractivity contribution is -0.114. The molecule has 0 fully saturated rings. The maximum atomic E-state index is 12.0. The molecule has 0 aromatic rings. The largest absolute Gasteiger partial charge is 0.317 e. The van der Waals surface area contributed by atoms with E-state index in [9.17, 15) is 4.79 Å². The van der Waals surface area contributed by atoms with E-state index >= 15 is 0 Å². The molecule has 0 heterocycles. The predicted octanol–water partition coefficient (Wildman–Crippen LogP) is 2.89. The van der Waals surface area contributed by atoms with Gasteiger partial charge in [-0.1, -0.05) is 65.0 Å². The monoisotopic (exact) mass is 271 g/mol. The van der Waals surface area contributed by atoms with E-state index in [1.54, 1.807) is 0 Å². The van der Waals surface area contributed by atoms with E-state index in [4.69, 9.17) is 5.73 Å². The molecule has 0 spiro atoms. The summed E-state index contributed by atoms with van der Waals surface area (Å²) >= 11 is 1.35. The second-order valence-corrected chi connectivity index (χ2v) is 12.9. The van der Waals surface area contributed by atoms with Crippen LogP contribution < -0.4 is 5.73 Å². The second-order valence-electron chi connectivity index (χ2n) is 6.37. The molecule has 0 unspecified atom stereocenters. The van der Waals surface area contributed by atoms with Crippen LogP contribution >= 0.6 is 11.8 Å². The summed E-state index contributed by atoms with van der Waals surface area (Å²) in [7, 11) is -1.41. The van der Waals surface area contributed by atoms with E-state index in [0.29, 0.717) is 0 Å². The van der Waals surface area contributed by atoms with Gasteiger partial charge >= 0.3 is 0 Å². The van der Waals surface area contributed by atoms with E-state index in [1.165, 1.54) is 11.8 Å². The number of thioether (sulfide) groups is 1. The van der Waals surface area contributed by atoms with Crippen LogP contribution in [-0.2, 0) is 4.79 Å². The average molecular weight is 272 g/mol. The molecule has 4 heteroatoms. The van der Waals surface area contributed by atoms with Crippen LogP contribution in [0, 0.1) is 17.4 Å². The topological polar surface area (TPSA) is 43.1 Å². The van der Waals surface area contributed by atoms with E-state index in [-0.39, 0.29) is 21.8 Å². The first kappa shape index (κ1) is 16.8. The van der Waals surface area contributed by atoms with Crippen LogP contribution in [0.1, 0.15) is 27.7 Å². The SMILES string of the molecule is C[C@H](C(=O)SC(C)(C)C)[C@H](N)C#C[Si](C)(C)C. The van der Waals surface area contributed by atoms with Crippen molar-refractivity contribution < 1.29 is 4.79 Å². The normalized spacial score (nSPS) is 15.8. The Kier molecular flexibility index (Phi) is 5.99. The van der Waals surface area contributed by atoms with Crippen molar-refractivity contribution >= 4 is 25.0 Å². The van der Waals surface area contributed by atoms with Crippen molar-refractivity contribution in [3.8, 4) is 11.5 Å². The third-order valence-electron chi connectivity index (χ3n) is 1.93. The Hall–Kier alpha value is -0.243. The van der Waals surface area contributed by atoms with Gasteiger partial charge in [-0.2, -0.15) is 0 Å². The van der Waals surface area contributed by atoms with E-state index in [1.807, 2.05) is 27.7 Å². The number of hydrogen-bond donors (Lipinski definition) is 1. The van der Waals surface area contributed by atoms with Gasteiger partial charge in [-0.25, -0.2) is 0 Å². The van der Waals surface area contributed by atoms with Crippen molar-refractivity contribution in [3.05, 3.63) is 0 Å². The van der Waals surface area contributed by atoms with Crippen molar-refractivity contribution in [3.63, 3.8) is 0 Å². The lowest BCUT2D eigenvalue weighted by Crippen LogP contribution is -2.33. The van der Waals surface area contributed by atoms with Crippen LogP contribution in [0.3, 0.4) is 0 Å². The molecule has 2 atom stereocenters. The van der Waals surface area contributed by atoms with Crippen LogP contribution in [-0.4, -0.2) is 24.0 Å². The van der Waals surface area contributed by atoms with Crippen molar-refractivity contribution in [1.82, 2.24) is 0 Å². The molecule has 0 bridgehead atoms. The van der Waals surface area contributed by atoms with Crippen molar-refractivity contribution in [1.29, 1.82) is 0 Å². The quantitative estimate of drug-likeness (QED) is 0.620. The molecule has 0 saturated heterocycles. The third-order valence-corrected chi connectivity index (χ3v) is 4.01. The van der Waals surface area contributed by atoms with Crippen molar-refractivity contribution in [2.24, 2.45) is 11.7 Å². The molecule has 0 rings (SSSR count). The van der Waals surface area contributed by atoms with Crippen LogP contribution in [0.15, 0.2) is 0 Å². The fourth-order valence-electron chi connectivity index (χ4n) is 0.966. The first-order chi connectivity index (χ1) is 7.42. The molecule has 0 aliphatic heterocycles. The Bertz CT molecular complexity index is 330. The van der Waals surface area contributed by atoms with Gasteiger partial charge in [0.25, 0.3) is 0 Å². The molecule has 0 aliphatic carbocycles. The fourth-order valence-corrected chi connectivity index (χ4v) is 2.50. The molecule has 0 aromatic heterocycles. The van der Waals surface area contributed by atoms with Gasteiger partial charge in [0.2, 0.25) is 0 Å². The molecule has 98 valence electrons. The summed E-state index contributed by atoms with van der Waals surface area (Å²) < 4.78 is -0.0583. The molecule has 0 saturated carbocycles. The van der Waals surface area contributed by atoms with E-state index < -0.39 is 8.07 Å². The summed E-state index contributed by atoms with van der Waals surface area (Å²) in [6.45, 7) is 14.5. The van der Waals surface area contributed by atoms with E-state index in [0.717, 1.165) is 0 Å². The number of nitrogens with two attached hydrogens (primary N) is 1. The van der Waals surface area contributed by atoms with Crippen LogP contribution in [0.5, 0.6) is 0 Å². The molecule has 2 nitrogen and oxygen atoms in total. The smallest absolute Gasteiger partial charge is 0.194 e. The Morgan fingerprint density at radius 3 is 2.12 bits per heavy atom. The maximum absolute atomic E-state index is 12.0. The molecule has 2 N–H and O–H groups in total. The molecule has 0 amide bonds. The van der Waals surface area contributed by atoms with Gasteiger partial charge in [-0.15, -0.1) is 5.54 Å². The molecule has 17 heavy (non-hydrogen) atoms. The molecular formula is C13H25NOSSi. The Labute approximate surface area is 111 Å². The highest BCUT2D eigenvalue weighted by Crippen LogP contribution is 2.27.